The first kappa shape index (κ1) is 23.0. The van der Waals surface area contributed by atoms with Gasteiger partial charge >= 0.3 is 0 Å². The number of hydrogen-bond acceptors (Lipinski definition) is 8. The summed E-state index contributed by atoms with van der Waals surface area (Å²) in [5.41, 5.74) is 5.31. The molecule has 0 unspecified atom stereocenters. The van der Waals surface area contributed by atoms with Crippen molar-refractivity contribution >= 4 is 52.6 Å². The maximum absolute atomic E-state index is 14.2. The number of aromatic hydroxyl groups is 1. The molecule has 0 bridgehead atoms. The first-order valence-electron chi connectivity index (χ1n) is 10.1. The van der Waals surface area contributed by atoms with Crippen molar-refractivity contribution in [2.75, 3.05) is 41.9 Å². The molecule has 11 heteroatoms. The zero-order valence-corrected chi connectivity index (χ0v) is 19.2. The maximum atomic E-state index is 14.2. The number of rotatable bonds is 6. The van der Waals surface area contributed by atoms with Gasteiger partial charge in [0.05, 0.1) is 41.4 Å². The maximum Gasteiger partial charge on any atom is 0.245 e. The van der Waals surface area contributed by atoms with Gasteiger partial charge in [-0.2, -0.15) is 10.1 Å². The molecule has 2 aromatic carbocycles. The molecule has 0 spiro atoms. The monoisotopic (exact) mass is 490 g/mol. The zero-order chi connectivity index (χ0) is 23.4. The van der Waals surface area contributed by atoms with Gasteiger partial charge in [-0.05, 0) is 30.7 Å². The lowest BCUT2D eigenvalue weighted by molar-refractivity contribution is 0.122. The van der Waals surface area contributed by atoms with Crippen molar-refractivity contribution in [2.24, 2.45) is 5.10 Å². The minimum absolute atomic E-state index is 0.112. The molecule has 4 rings (SSSR count). The van der Waals surface area contributed by atoms with Gasteiger partial charge in [0.25, 0.3) is 0 Å². The number of aryl methyl sites for hydroxylation is 1. The molecule has 0 aliphatic carbocycles. The van der Waals surface area contributed by atoms with E-state index in [1.807, 2.05) is 19.1 Å². The zero-order valence-electron chi connectivity index (χ0n) is 17.6. The number of ether oxygens (including phenoxy) is 1. The van der Waals surface area contributed by atoms with Gasteiger partial charge < -0.3 is 20.1 Å². The summed E-state index contributed by atoms with van der Waals surface area (Å²) in [5.74, 6) is -0.374. The fourth-order valence-corrected chi connectivity index (χ4v) is 3.79. The summed E-state index contributed by atoms with van der Waals surface area (Å²) >= 11 is 12.5. The normalized spacial score (nSPS) is 14.0. The summed E-state index contributed by atoms with van der Waals surface area (Å²) in [5, 5.41) is 18.3. The highest BCUT2D eigenvalue weighted by molar-refractivity contribution is 6.34. The van der Waals surface area contributed by atoms with Crippen LogP contribution in [0.4, 0.5) is 27.5 Å². The van der Waals surface area contributed by atoms with Gasteiger partial charge in [-0.1, -0.05) is 35.3 Å². The average molecular weight is 491 g/mol. The van der Waals surface area contributed by atoms with E-state index in [1.54, 1.807) is 23.1 Å². The van der Waals surface area contributed by atoms with Gasteiger partial charge in [-0.25, -0.2) is 14.8 Å². The number of anilines is 4. The second-order valence-corrected chi connectivity index (χ2v) is 8.10. The van der Waals surface area contributed by atoms with E-state index in [4.69, 9.17) is 27.9 Å². The van der Waals surface area contributed by atoms with Crippen molar-refractivity contribution < 1.29 is 14.2 Å². The molecule has 0 radical (unpaired) electrons. The second kappa shape index (κ2) is 10.2. The van der Waals surface area contributed by atoms with Gasteiger partial charge in [-0.3, -0.25) is 0 Å². The highest BCUT2D eigenvalue weighted by Crippen LogP contribution is 2.34. The van der Waals surface area contributed by atoms with Crippen molar-refractivity contribution in [3.63, 3.8) is 0 Å². The standard InChI is InChI=1S/C22H21Cl2FN6O2/c1-13-3-2-4-16(23)19(13)28-15-9-14(20(32)17(24)10-15)11-27-30-22-26-12-18(25)21(29-22)31-5-7-33-8-6-31/h2-4,9-12,28,32H,5-8H2,1H3,(H,26,29,30)/b27-11-. The van der Waals surface area contributed by atoms with Crippen LogP contribution in [0.3, 0.4) is 0 Å². The molecular formula is C22H21Cl2FN6O2. The second-order valence-electron chi connectivity index (χ2n) is 7.29. The minimum atomic E-state index is -0.524. The third-order valence-electron chi connectivity index (χ3n) is 4.99. The number of nitrogens with zero attached hydrogens (tertiary/aromatic N) is 4. The molecule has 33 heavy (non-hydrogen) atoms. The van der Waals surface area contributed by atoms with Crippen molar-refractivity contribution in [1.82, 2.24) is 9.97 Å². The molecule has 0 amide bonds. The van der Waals surface area contributed by atoms with E-state index >= 15 is 0 Å². The number of hydrazone groups is 1. The molecule has 1 aromatic heterocycles. The molecule has 8 nitrogen and oxygen atoms in total. The summed E-state index contributed by atoms with van der Waals surface area (Å²) in [6.07, 6.45) is 2.45. The molecule has 1 saturated heterocycles. The van der Waals surface area contributed by atoms with E-state index in [0.29, 0.717) is 42.6 Å². The van der Waals surface area contributed by atoms with Crippen LogP contribution >= 0.6 is 23.2 Å². The van der Waals surface area contributed by atoms with Crippen LogP contribution in [-0.4, -0.2) is 47.6 Å². The number of aromatic nitrogens is 2. The Labute approximate surface area is 200 Å². The summed E-state index contributed by atoms with van der Waals surface area (Å²) in [6.45, 7) is 4.00. The molecule has 1 fully saturated rings. The number of halogens is 3. The number of hydrogen-bond donors (Lipinski definition) is 3. The first-order chi connectivity index (χ1) is 15.9. The van der Waals surface area contributed by atoms with Crippen molar-refractivity contribution in [1.29, 1.82) is 0 Å². The van der Waals surface area contributed by atoms with Gasteiger partial charge in [0.15, 0.2) is 11.6 Å². The van der Waals surface area contributed by atoms with Crippen LogP contribution in [0.5, 0.6) is 5.75 Å². The largest absolute Gasteiger partial charge is 0.506 e. The van der Waals surface area contributed by atoms with Crippen LogP contribution in [0.25, 0.3) is 0 Å². The lowest BCUT2D eigenvalue weighted by Gasteiger charge is -2.27. The highest BCUT2D eigenvalue weighted by Gasteiger charge is 2.18. The van der Waals surface area contributed by atoms with Crippen LogP contribution in [0.1, 0.15) is 11.1 Å². The fourth-order valence-electron chi connectivity index (χ4n) is 3.29. The van der Waals surface area contributed by atoms with Crippen LogP contribution in [0, 0.1) is 12.7 Å². The first-order valence-corrected chi connectivity index (χ1v) is 10.9. The minimum Gasteiger partial charge on any atom is -0.506 e. The molecular weight excluding hydrogens is 470 g/mol. The van der Waals surface area contributed by atoms with Crippen LogP contribution in [0.2, 0.25) is 10.0 Å². The third-order valence-corrected chi connectivity index (χ3v) is 5.59. The fraction of sp³-hybridized carbons (Fsp3) is 0.227. The van der Waals surface area contributed by atoms with E-state index in [1.165, 1.54) is 6.21 Å². The number of morpholine rings is 1. The molecule has 0 atom stereocenters. The van der Waals surface area contributed by atoms with E-state index in [0.717, 1.165) is 17.4 Å². The van der Waals surface area contributed by atoms with Gasteiger partial charge in [0.1, 0.15) is 5.75 Å². The van der Waals surface area contributed by atoms with Crippen molar-refractivity contribution in [3.05, 3.63) is 63.5 Å². The topological polar surface area (TPSA) is 94.9 Å². The van der Waals surface area contributed by atoms with E-state index in [-0.39, 0.29) is 22.5 Å². The number of phenolic OH excluding ortho intramolecular Hbond substituents is 1. The Morgan fingerprint density at radius 3 is 2.76 bits per heavy atom. The average Bonchev–Trinajstić information content (AvgIpc) is 2.81. The Morgan fingerprint density at radius 1 is 1.21 bits per heavy atom. The van der Waals surface area contributed by atoms with Gasteiger partial charge in [0, 0.05) is 24.3 Å². The number of benzene rings is 2. The Balaban J connectivity index is 1.52. The highest BCUT2D eigenvalue weighted by atomic mass is 35.5. The van der Waals surface area contributed by atoms with Crippen LogP contribution in [0.15, 0.2) is 41.6 Å². The Hall–Kier alpha value is -3.14. The Kier molecular flexibility index (Phi) is 7.12. The Morgan fingerprint density at radius 2 is 2.00 bits per heavy atom. The molecule has 2 heterocycles. The predicted molar refractivity (Wildman–Crippen MR) is 129 cm³/mol. The molecule has 0 saturated carbocycles. The number of nitrogens with one attached hydrogen (secondary N) is 2. The summed E-state index contributed by atoms with van der Waals surface area (Å²) in [6, 6.07) is 8.82. The van der Waals surface area contributed by atoms with Crippen molar-refractivity contribution in [3.8, 4) is 5.75 Å². The van der Waals surface area contributed by atoms with Crippen LogP contribution < -0.4 is 15.6 Å². The molecule has 3 N–H and O–H groups in total. The summed E-state index contributed by atoms with van der Waals surface area (Å²) in [4.78, 5) is 9.90. The third kappa shape index (κ3) is 5.44. The number of para-hydroxylation sites is 1. The predicted octanol–water partition coefficient (Wildman–Crippen LogP) is 4.96. The SMILES string of the molecule is Cc1cccc(Cl)c1Nc1cc(Cl)c(O)c(/C=N\Nc2ncc(F)c(N3CCOCC3)n2)c1. The quantitative estimate of drug-likeness (QED) is 0.255. The number of phenols is 1. The summed E-state index contributed by atoms with van der Waals surface area (Å²) < 4.78 is 19.5. The lowest BCUT2D eigenvalue weighted by Crippen LogP contribution is -2.37. The van der Waals surface area contributed by atoms with Crippen LogP contribution in [-0.2, 0) is 4.74 Å². The molecule has 3 aromatic rings. The van der Waals surface area contributed by atoms with E-state index in [2.05, 4.69) is 25.8 Å². The van der Waals surface area contributed by atoms with E-state index < -0.39 is 5.82 Å². The lowest BCUT2D eigenvalue weighted by atomic mass is 10.1. The smallest absolute Gasteiger partial charge is 0.245 e. The van der Waals surface area contributed by atoms with Gasteiger partial charge in [-0.15, -0.1) is 0 Å². The molecule has 172 valence electrons. The van der Waals surface area contributed by atoms with Crippen molar-refractivity contribution in [2.45, 2.75) is 6.92 Å². The molecule has 1 aliphatic rings. The molecule has 1 aliphatic heterocycles. The van der Waals surface area contributed by atoms with E-state index in [9.17, 15) is 9.50 Å². The van der Waals surface area contributed by atoms with Gasteiger partial charge in [0.2, 0.25) is 5.95 Å². The Bertz CT molecular complexity index is 1170. The summed E-state index contributed by atoms with van der Waals surface area (Å²) in [7, 11) is 0.